The lowest BCUT2D eigenvalue weighted by Gasteiger charge is -2.03. The molecular weight excluding hydrogens is 265 g/mol. The van der Waals surface area contributed by atoms with Crippen molar-refractivity contribution in [2.75, 3.05) is 0 Å². The molecule has 1 aromatic carbocycles. The summed E-state index contributed by atoms with van der Waals surface area (Å²) in [5, 5.41) is 0.390. The molecular formula is C14H13ClFN3. The maximum atomic E-state index is 13.5. The topological polar surface area (TPSA) is 30.7 Å². The van der Waals surface area contributed by atoms with Crippen LogP contribution in [0.25, 0.3) is 16.9 Å². The van der Waals surface area contributed by atoms with Crippen LogP contribution in [0.5, 0.6) is 0 Å². The number of hydrogen-bond donors (Lipinski definition) is 0. The quantitative estimate of drug-likeness (QED) is 0.623. The Morgan fingerprint density at radius 3 is 2.58 bits per heavy atom. The van der Waals surface area contributed by atoms with E-state index in [0.717, 1.165) is 0 Å². The average Bonchev–Trinajstić information content (AvgIpc) is 2.86. The van der Waals surface area contributed by atoms with Crippen molar-refractivity contribution in [3.05, 3.63) is 53.7 Å². The second kappa shape index (κ2) is 5.80. The van der Waals surface area contributed by atoms with Crippen molar-refractivity contribution < 1.29 is 4.39 Å². The number of hydrogen-bond acceptors (Lipinski definition) is 2. The molecule has 3 aromatic rings. The molecule has 5 heteroatoms. The van der Waals surface area contributed by atoms with Crippen molar-refractivity contribution in [1.82, 2.24) is 14.5 Å². The molecule has 98 valence electrons. The number of imidazole rings is 1. The Balaban J connectivity index is 0.000000637. The van der Waals surface area contributed by atoms with Gasteiger partial charge in [0.15, 0.2) is 5.82 Å². The summed E-state index contributed by atoms with van der Waals surface area (Å²) in [5.74, 6) is 0.272. The van der Waals surface area contributed by atoms with E-state index in [-0.39, 0.29) is 5.82 Å². The molecule has 0 fully saturated rings. The van der Waals surface area contributed by atoms with Gasteiger partial charge in [-0.3, -0.25) is 4.57 Å². The van der Waals surface area contributed by atoms with Crippen molar-refractivity contribution in [2.45, 2.75) is 13.8 Å². The Labute approximate surface area is 115 Å². The minimum absolute atomic E-state index is 0.328. The van der Waals surface area contributed by atoms with Crippen LogP contribution in [-0.4, -0.2) is 14.5 Å². The Morgan fingerprint density at radius 2 is 1.84 bits per heavy atom. The Morgan fingerprint density at radius 1 is 1.11 bits per heavy atom. The lowest BCUT2D eigenvalue weighted by molar-refractivity contribution is 0.637. The molecule has 0 aliphatic rings. The highest BCUT2D eigenvalue weighted by molar-refractivity contribution is 6.29. The predicted octanol–water partition coefficient (Wildman–Crippen LogP) is 4.24. The number of pyridine rings is 1. The number of rotatable bonds is 1. The van der Waals surface area contributed by atoms with Gasteiger partial charge < -0.3 is 0 Å². The van der Waals surface area contributed by atoms with Crippen molar-refractivity contribution in [1.29, 1.82) is 0 Å². The molecule has 0 amide bonds. The number of benzene rings is 1. The zero-order chi connectivity index (χ0) is 13.8. The fourth-order valence-corrected chi connectivity index (χ4v) is 1.88. The van der Waals surface area contributed by atoms with Gasteiger partial charge in [-0.05, 0) is 24.3 Å². The van der Waals surface area contributed by atoms with Gasteiger partial charge in [-0.1, -0.05) is 37.6 Å². The van der Waals surface area contributed by atoms with Crippen LogP contribution in [0.1, 0.15) is 13.8 Å². The second-order valence-corrected chi connectivity index (χ2v) is 3.93. The first-order valence-electron chi connectivity index (χ1n) is 6.00. The third-order valence-electron chi connectivity index (χ3n) is 2.47. The summed E-state index contributed by atoms with van der Waals surface area (Å²) < 4.78 is 15.2. The molecule has 2 aromatic heterocycles. The van der Waals surface area contributed by atoms with E-state index in [4.69, 9.17) is 11.6 Å². The lowest BCUT2D eigenvalue weighted by Crippen LogP contribution is -1.95. The molecule has 0 aliphatic carbocycles. The molecule has 0 saturated heterocycles. The van der Waals surface area contributed by atoms with Crippen molar-refractivity contribution >= 4 is 22.6 Å². The fourth-order valence-electron chi connectivity index (χ4n) is 1.72. The first-order chi connectivity index (χ1) is 9.25. The number of halogens is 2. The maximum Gasteiger partial charge on any atom is 0.151 e. The van der Waals surface area contributed by atoms with E-state index in [0.29, 0.717) is 22.0 Å². The minimum atomic E-state index is -0.344. The van der Waals surface area contributed by atoms with E-state index in [1.807, 2.05) is 13.8 Å². The molecule has 0 bridgehead atoms. The van der Waals surface area contributed by atoms with Gasteiger partial charge in [-0.2, -0.15) is 0 Å². The van der Waals surface area contributed by atoms with Crippen LogP contribution in [0.4, 0.5) is 4.39 Å². The highest BCUT2D eigenvalue weighted by atomic mass is 35.5. The normalized spacial score (nSPS) is 10.1. The Kier molecular flexibility index (Phi) is 4.12. The SMILES string of the molecule is CC.Fc1cccc2c1ncn2-c1cccc(Cl)n1. The fraction of sp³-hybridized carbons (Fsp3) is 0.143. The molecule has 0 N–H and O–H groups in total. The van der Waals surface area contributed by atoms with Gasteiger partial charge in [0, 0.05) is 0 Å². The van der Waals surface area contributed by atoms with Gasteiger partial charge in [0.1, 0.15) is 22.8 Å². The third kappa shape index (κ3) is 2.58. The molecule has 0 radical (unpaired) electrons. The van der Waals surface area contributed by atoms with Gasteiger partial charge in [-0.15, -0.1) is 0 Å². The summed E-state index contributed by atoms with van der Waals surface area (Å²) in [6, 6.07) is 10.1. The number of fused-ring (bicyclic) bond motifs is 1. The standard InChI is InChI=1S/C12H7ClFN3.C2H6/c13-10-5-2-6-11(16-10)17-7-15-12-8(14)3-1-4-9(12)17;1-2/h1-7H;1-2H3. The van der Waals surface area contributed by atoms with Crippen LogP contribution in [0.3, 0.4) is 0 Å². The predicted molar refractivity (Wildman–Crippen MR) is 75.2 cm³/mol. The number of para-hydroxylation sites is 1. The molecule has 2 heterocycles. The molecule has 0 aliphatic heterocycles. The average molecular weight is 278 g/mol. The smallest absolute Gasteiger partial charge is 0.151 e. The van der Waals surface area contributed by atoms with Crippen LogP contribution in [-0.2, 0) is 0 Å². The highest BCUT2D eigenvalue weighted by Crippen LogP contribution is 2.19. The molecule has 3 rings (SSSR count). The lowest BCUT2D eigenvalue weighted by atomic mass is 10.3. The second-order valence-electron chi connectivity index (χ2n) is 3.54. The maximum absolute atomic E-state index is 13.5. The summed E-state index contributed by atoms with van der Waals surface area (Å²) in [6.07, 6.45) is 1.53. The van der Waals surface area contributed by atoms with E-state index in [9.17, 15) is 4.39 Å². The minimum Gasteiger partial charge on any atom is -0.283 e. The van der Waals surface area contributed by atoms with Crippen molar-refractivity contribution in [2.24, 2.45) is 0 Å². The van der Waals surface area contributed by atoms with Gasteiger partial charge in [0.25, 0.3) is 0 Å². The molecule has 3 nitrogen and oxygen atoms in total. The third-order valence-corrected chi connectivity index (χ3v) is 2.69. The summed E-state index contributed by atoms with van der Waals surface area (Å²) in [7, 11) is 0. The highest BCUT2D eigenvalue weighted by Gasteiger charge is 2.08. The number of nitrogens with zero attached hydrogens (tertiary/aromatic N) is 3. The van der Waals surface area contributed by atoms with E-state index in [1.165, 1.54) is 12.4 Å². The summed E-state index contributed by atoms with van der Waals surface area (Å²) in [4.78, 5) is 8.19. The van der Waals surface area contributed by atoms with Crippen LogP contribution in [0, 0.1) is 5.82 Å². The molecule has 19 heavy (non-hydrogen) atoms. The van der Waals surface area contributed by atoms with Crippen molar-refractivity contribution in [3.63, 3.8) is 0 Å². The monoisotopic (exact) mass is 277 g/mol. The van der Waals surface area contributed by atoms with Gasteiger partial charge in [-0.25, -0.2) is 14.4 Å². The van der Waals surface area contributed by atoms with Gasteiger partial charge in [0.05, 0.1) is 5.52 Å². The summed E-state index contributed by atoms with van der Waals surface area (Å²) in [6.45, 7) is 4.00. The largest absolute Gasteiger partial charge is 0.283 e. The zero-order valence-electron chi connectivity index (χ0n) is 10.6. The van der Waals surface area contributed by atoms with E-state index in [2.05, 4.69) is 9.97 Å². The van der Waals surface area contributed by atoms with Gasteiger partial charge >= 0.3 is 0 Å². The number of aromatic nitrogens is 3. The van der Waals surface area contributed by atoms with Crippen LogP contribution in [0.15, 0.2) is 42.7 Å². The summed E-state index contributed by atoms with van der Waals surface area (Å²) >= 11 is 5.83. The Hall–Kier alpha value is -1.94. The first-order valence-corrected chi connectivity index (χ1v) is 6.38. The van der Waals surface area contributed by atoms with E-state index in [1.54, 1.807) is 34.9 Å². The van der Waals surface area contributed by atoms with Crippen LogP contribution in [0.2, 0.25) is 5.15 Å². The zero-order valence-corrected chi connectivity index (χ0v) is 11.4. The van der Waals surface area contributed by atoms with E-state index < -0.39 is 0 Å². The van der Waals surface area contributed by atoms with Crippen LogP contribution < -0.4 is 0 Å². The Bertz CT molecular complexity index is 694. The van der Waals surface area contributed by atoms with Crippen LogP contribution >= 0.6 is 11.6 Å². The van der Waals surface area contributed by atoms with Gasteiger partial charge in [0.2, 0.25) is 0 Å². The first kappa shape index (κ1) is 13.5. The molecule has 0 unspecified atom stereocenters. The molecule has 0 atom stereocenters. The summed E-state index contributed by atoms with van der Waals surface area (Å²) in [5.41, 5.74) is 0.994. The molecule has 0 spiro atoms. The van der Waals surface area contributed by atoms with E-state index >= 15 is 0 Å². The van der Waals surface area contributed by atoms with Crippen molar-refractivity contribution in [3.8, 4) is 5.82 Å². The molecule has 0 saturated carbocycles.